The summed E-state index contributed by atoms with van der Waals surface area (Å²) in [5.41, 5.74) is 2.02. The van der Waals surface area contributed by atoms with E-state index in [1.165, 1.54) is 0 Å². The normalized spacial score (nSPS) is 22.0. The average Bonchev–Trinajstić information content (AvgIpc) is 3.01. The highest BCUT2D eigenvalue weighted by Gasteiger charge is 2.36. The molecule has 1 saturated heterocycles. The van der Waals surface area contributed by atoms with Crippen LogP contribution < -0.4 is 15.4 Å². The Kier molecular flexibility index (Phi) is 6.09. The fourth-order valence-electron chi connectivity index (χ4n) is 3.11. The van der Waals surface area contributed by atoms with Crippen LogP contribution in [0.3, 0.4) is 0 Å². The lowest BCUT2D eigenvalue weighted by molar-refractivity contribution is 0.114. The molecule has 26 heavy (non-hydrogen) atoms. The monoisotopic (exact) mass is 356 g/mol. The second kappa shape index (κ2) is 8.69. The van der Waals surface area contributed by atoms with Crippen LogP contribution in [0.2, 0.25) is 0 Å². The molecule has 0 unspecified atom stereocenters. The summed E-state index contributed by atoms with van der Waals surface area (Å²) in [6, 6.07) is 16.8. The first-order valence-electron chi connectivity index (χ1n) is 8.67. The summed E-state index contributed by atoms with van der Waals surface area (Å²) in [5.74, 6) is 0.798. The summed E-state index contributed by atoms with van der Waals surface area (Å²) >= 11 is 0. The van der Waals surface area contributed by atoms with Gasteiger partial charge in [-0.05, 0) is 29.7 Å². The quantitative estimate of drug-likeness (QED) is 0.736. The van der Waals surface area contributed by atoms with Gasteiger partial charge >= 0.3 is 6.09 Å². The third-order valence-electron chi connectivity index (χ3n) is 4.55. The van der Waals surface area contributed by atoms with E-state index in [9.17, 15) is 9.90 Å². The van der Waals surface area contributed by atoms with Gasteiger partial charge in [0.1, 0.15) is 12.4 Å². The van der Waals surface area contributed by atoms with Gasteiger partial charge in [0.15, 0.2) is 0 Å². The fourth-order valence-corrected chi connectivity index (χ4v) is 3.11. The number of amides is 1. The molecule has 3 N–H and O–H groups in total. The third-order valence-corrected chi connectivity index (χ3v) is 4.55. The van der Waals surface area contributed by atoms with E-state index in [1.54, 1.807) is 7.11 Å². The van der Waals surface area contributed by atoms with Crippen molar-refractivity contribution in [1.29, 1.82) is 0 Å². The molecule has 3 atom stereocenters. The lowest BCUT2D eigenvalue weighted by Gasteiger charge is -2.22. The maximum Gasteiger partial charge on any atom is 0.407 e. The number of carbonyl (C=O) groups excluding carboxylic acids is 1. The van der Waals surface area contributed by atoms with Gasteiger partial charge in [0.05, 0.1) is 19.3 Å². The van der Waals surface area contributed by atoms with Crippen molar-refractivity contribution in [2.24, 2.45) is 0 Å². The number of ether oxygens (including phenoxy) is 2. The molecule has 0 saturated carbocycles. The van der Waals surface area contributed by atoms with E-state index in [0.717, 1.165) is 16.9 Å². The number of hydrogen-bond donors (Lipinski definition) is 3. The van der Waals surface area contributed by atoms with E-state index in [0.29, 0.717) is 13.0 Å². The molecule has 0 spiro atoms. The lowest BCUT2D eigenvalue weighted by atomic mass is 9.99. The number of β-amino-alcohol motifs (C(OH)–C–C–N with tert-alkyl or cyclic N) is 1. The summed E-state index contributed by atoms with van der Waals surface area (Å²) in [6.07, 6.45) is -0.492. The van der Waals surface area contributed by atoms with Crippen molar-refractivity contribution in [2.45, 2.75) is 31.2 Å². The molecule has 6 nitrogen and oxygen atoms in total. The molecule has 1 heterocycles. The molecule has 3 rings (SSSR count). The second-order valence-corrected chi connectivity index (χ2v) is 6.37. The Morgan fingerprint density at radius 2 is 1.88 bits per heavy atom. The Labute approximate surface area is 153 Å². The van der Waals surface area contributed by atoms with Crippen molar-refractivity contribution < 1.29 is 19.4 Å². The smallest absolute Gasteiger partial charge is 0.407 e. The Bertz CT molecular complexity index is 706. The topological polar surface area (TPSA) is 79.8 Å². The molecule has 1 amide bonds. The first kappa shape index (κ1) is 18.2. The molecular formula is C20H24N2O4. The molecule has 1 fully saturated rings. The van der Waals surface area contributed by atoms with Crippen LogP contribution in [0.15, 0.2) is 54.6 Å². The van der Waals surface area contributed by atoms with Crippen molar-refractivity contribution in [3.05, 3.63) is 65.7 Å². The van der Waals surface area contributed by atoms with Crippen molar-refractivity contribution in [2.75, 3.05) is 13.7 Å². The Morgan fingerprint density at radius 3 is 2.58 bits per heavy atom. The molecule has 2 aromatic rings. The van der Waals surface area contributed by atoms with Gasteiger partial charge in [-0.25, -0.2) is 4.79 Å². The summed E-state index contributed by atoms with van der Waals surface area (Å²) in [4.78, 5) is 12.1. The Hall–Kier alpha value is -2.57. The van der Waals surface area contributed by atoms with Crippen LogP contribution in [-0.2, 0) is 17.8 Å². The van der Waals surface area contributed by atoms with Crippen LogP contribution in [-0.4, -0.2) is 43.0 Å². The van der Waals surface area contributed by atoms with E-state index in [2.05, 4.69) is 10.6 Å². The van der Waals surface area contributed by atoms with Crippen molar-refractivity contribution >= 4 is 6.09 Å². The predicted octanol–water partition coefficient (Wildman–Crippen LogP) is 1.87. The maximum atomic E-state index is 12.1. The van der Waals surface area contributed by atoms with Crippen LogP contribution in [0.25, 0.3) is 0 Å². The van der Waals surface area contributed by atoms with Crippen LogP contribution in [0.4, 0.5) is 4.79 Å². The van der Waals surface area contributed by atoms with E-state index >= 15 is 0 Å². The average molecular weight is 356 g/mol. The predicted molar refractivity (Wildman–Crippen MR) is 98.0 cm³/mol. The number of alkyl carbamates (subject to hydrolysis) is 1. The minimum Gasteiger partial charge on any atom is -0.497 e. The molecule has 0 aliphatic carbocycles. The van der Waals surface area contributed by atoms with Crippen LogP contribution in [0.5, 0.6) is 5.75 Å². The molecule has 0 aromatic heterocycles. The number of benzene rings is 2. The summed E-state index contributed by atoms with van der Waals surface area (Å²) in [6.45, 7) is 0.635. The van der Waals surface area contributed by atoms with Crippen LogP contribution in [0.1, 0.15) is 11.1 Å². The number of hydrogen-bond acceptors (Lipinski definition) is 5. The van der Waals surface area contributed by atoms with E-state index in [-0.39, 0.29) is 12.6 Å². The largest absolute Gasteiger partial charge is 0.497 e. The zero-order valence-electron chi connectivity index (χ0n) is 14.7. The molecule has 2 aromatic carbocycles. The highest BCUT2D eigenvalue weighted by Crippen LogP contribution is 2.17. The zero-order valence-corrected chi connectivity index (χ0v) is 14.7. The molecule has 138 valence electrons. The molecular weight excluding hydrogens is 332 g/mol. The van der Waals surface area contributed by atoms with Crippen LogP contribution >= 0.6 is 0 Å². The van der Waals surface area contributed by atoms with Gasteiger partial charge in [-0.3, -0.25) is 0 Å². The Balaban J connectivity index is 1.54. The van der Waals surface area contributed by atoms with Gasteiger partial charge < -0.3 is 25.2 Å². The summed E-state index contributed by atoms with van der Waals surface area (Å²) in [7, 11) is 1.63. The Morgan fingerprint density at radius 1 is 1.15 bits per heavy atom. The number of aliphatic hydroxyl groups is 1. The molecule has 0 radical (unpaired) electrons. The van der Waals surface area contributed by atoms with E-state index < -0.39 is 18.2 Å². The van der Waals surface area contributed by atoms with Gasteiger partial charge in [-0.2, -0.15) is 0 Å². The highest BCUT2D eigenvalue weighted by molar-refractivity contribution is 5.68. The van der Waals surface area contributed by atoms with Gasteiger partial charge in [0.25, 0.3) is 0 Å². The van der Waals surface area contributed by atoms with Crippen molar-refractivity contribution in [3.8, 4) is 5.75 Å². The molecule has 1 aliphatic heterocycles. The maximum absolute atomic E-state index is 12.1. The van der Waals surface area contributed by atoms with E-state index in [1.807, 2.05) is 54.6 Å². The van der Waals surface area contributed by atoms with E-state index in [4.69, 9.17) is 9.47 Å². The van der Waals surface area contributed by atoms with Gasteiger partial charge in [0, 0.05) is 12.6 Å². The van der Waals surface area contributed by atoms with Gasteiger partial charge in [0.2, 0.25) is 0 Å². The number of nitrogens with one attached hydrogen (secondary N) is 2. The van der Waals surface area contributed by atoms with Crippen LogP contribution in [0, 0.1) is 0 Å². The number of carbonyl (C=O) groups is 1. The summed E-state index contributed by atoms with van der Waals surface area (Å²) in [5, 5.41) is 16.3. The fraction of sp³-hybridized carbons (Fsp3) is 0.350. The second-order valence-electron chi connectivity index (χ2n) is 6.37. The molecule has 0 bridgehead atoms. The standard InChI is InChI=1S/C20H24N2O4/c1-25-16-9-7-14(8-10-16)11-17-19(18(23)12-21-17)22-20(24)26-13-15-5-3-2-4-6-15/h2-10,17-19,21,23H,11-13H2,1H3,(H,22,24)/t17-,18+,19+/m1/s1. The van der Waals surface area contributed by atoms with Crippen molar-refractivity contribution in [1.82, 2.24) is 10.6 Å². The van der Waals surface area contributed by atoms with Crippen molar-refractivity contribution in [3.63, 3.8) is 0 Å². The minimum absolute atomic E-state index is 0.0670. The lowest BCUT2D eigenvalue weighted by Crippen LogP contribution is -2.48. The third kappa shape index (κ3) is 4.74. The number of rotatable bonds is 6. The minimum atomic E-state index is -0.650. The zero-order chi connectivity index (χ0) is 18.4. The first-order chi connectivity index (χ1) is 12.7. The summed E-state index contributed by atoms with van der Waals surface area (Å²) < 4.78 is 10.4. The molecule has 6 heteroatoms. The number of aliphatic hydroxyl groups excluding tert-OH is 1. The highest BCUT2D eigenvalue weighted by atomic mass is 16.5. The number of methoxy groups -OCH3 is 1. The SMILES string of the molecule is COc1ccc(C[C@H]2NC[C@H](O)[C@H]2NC(=O)OCc2ccccc2)cc1. The molecule has 1 aliphatic rings. The van der Waals surface area contributed by atoms with Gasteiger partial charge in [-0.1, -0.05) is 42.5 Å². The first-order valence-corrected chi connectivity index (χ1v) is 8.67. The van der Waals surface area contributed by atoms with Gasteiger partial charge in [-0.15, -0.1) is 0 Å².